The number of nitrogens with zero attached hydrogens (tertiary/aromatic N) is 8. The molecule has 1 aliphatic rings. The molecular formula is C50H46ClN11O16S6. The topological polar surface area (TPSA) is 439 Å². The van der Waals surface area contributed by atoms with Gasteiger partial charge in [-0.25, -0.2) is 0 Å². The molecule has 6 rings (SSSR count). The van der Waals surface area contributed by atoms with Gasteiger partial charge in [0, 0.05) is 45.1 Å². The van der Waals surface area contributed by atoms with Crippen molar-refractivity contribution in [3.05, 3.63) is 159 Å². The Labute approximate surface area is 491 Å². The van der Waals surface area contributed by atoms with Crippen molar-refractivity contribution in [3.63, 3.8) is 0 Å². The van der Waals surface area contributed by atoms with Gasteiger partial charge in [-0.3, -0.25) is 22.8 Å². The highest BCUT2D eigenvalue weighted by Crippen LogP contribution is 2.49. The maximum atomic E-state index is 12.5. The second-order valence-electron chi connectivity index (χ2n) is 17.6. The van der Waals surface area contributed by atoms with Crippen molar-refractivity contribution in [2.24, 2.45) is 36.6 Å². The van der Waals surface area contributed by atoms with E-state index >= 15 is 0 Å². The number of hydrogen-bond donors (Lipinski definition) is 8. The summed E-state index contributed by atoms with van der Waals surface area (Å²) in [6.45, 7) is 12.7. The zero-order valence-corrected chi connectivity index (χ0v) is 49.7. The zero-order valence-electron chi connectivity index (χ0n) is 44.0. The van der Waals surface area contributed by atoms with Crippen molar-refractivity contribution in [2.45, 2.75) is 54.6 Å². The minimum atomic E-state index is -5.37. The molecule has 3 unspecified atom stereocenters. The van der Waals surface area contributed by atoms with Crippen LogP contribution in [-0.2, 0) is 50.6 Å². The molecule has 0 bridgehead atoms. The number of nitrogens with one attached hydrogen (secondary N) is 3. The van der Waals surface area contributed by atoms with E-state index in [0.29, 0.717) is 34.0 Å². The van der Waals surface area contributed by atoms with Crippen LogP contribution in [0.3, 0.4) is 0 Å². The van der Waals surface area contributed by atoms with Crippen LogP contribution in [0.2, 0.25) is 5.02 Å². The highest BCUT2D eigenvalue weighted by Gasteiger charge is 2.38. The molecule has 2 heterocycles. The molecular weight excluding hydrogens is 1240 g/mol. The van der Waals surface area contributed by atoms with E-state index in [9.17, 15) is 75.4 Å². The van der Waals surface area contributed by atoms with Gasteiger partial charge in [-0.1, -0.05) is 61.2 Å². The normalized spacial score (nSPS) is 16.7. The maximum Gasteiger partial charge on any atom is 0.295 e. The summed E-state index contributed by atoms with van der Waals surface area (Å²) in [6.07, 6.45) is 3.77. The van der Waals surface area contributed by atoms with Gasteiger partial charge in [0.25, 0.3) is 50.6 Å². The molecule has 27 nitrogen and oxygen atoms in total. The predicted octanol–water partition coefficient (Wildman–Crippen LogP) is 10.7. The Bertz CT molecular complexity index is 4430. The number of aryl methyl sites for hydroxylation is 1. The summed E-state index contributed by atoms with van der Waals surface area (Å²) < 4.78 is 174. The first-order chi connectivity index (χ1) is 39.1. The van der Waals surface area contributed by atoms with E-state index in [0.717, 1.165) is 35.6 Å². The molecule has 4 aromatic carbocycles. The Morgan fingerprint density at radius 2 is 1.43 bits per heavy atom. The summed E-state index contributed by atoms with van der Waals surface area (Å²) >= 11 is 7.15. The number of benzene rings is 4. The molecule has 0 fully saturated rings. The molecule has 0 saturated carbocycles. The lowest BCUT2D eigenvalue weighted by Gasteiger charge is -2.37. The fraction of sp³-hybridized carbons (Fsp3) is 0.160. The molecule has 84 heavy (non-hydrogen) atoms. The molecule has 440 valence electrons. The van der Waals surface area contributed by atoms with Crippen molar-refractivity contribution in [1.82, 2.24) is 10.6 Å². The quantitative estimate of drug-likeness (QED) is 0.0192. The van der Waals surface area contributed by atoms with Crippen molar-refractivity contribution < 1.29 is 69.6 Å². The fourth-order valence-corrected chi connectivity index (χ4v) is 11.3. The average molecular weight is 1280 g/mol. The van der Waals surface area contributed by atoms with Crippen molar-refractivity contribution in [1.29, 1.82) is 10.5 Å². The molecule has 0 radical (unpaired) electrons. The molecule has 0 spiro atoms. The van der Waals surface area contributed by atoms with Crippen LogP contribution in [0.4, 0.5) is 27.1 Å². The van der Waals surface area contributed by atoms with Crippen LogP contribution >= 0.6 is 22.9 Å². The van der Waals surface area contributed by atoms with E-state index in [2.05, 4.69) is 71.9 Å². The van der Waals surface area contributed by atoms with Crippen LogP contribution in [0.1, 0.15) is 43.0 Å². The summed E-state index contributed by atoms with van der Waals surface area (Å²) in [6, 6.07) is 18.4. The Hall–Kier alpha value is -8.16. The van der Waals surface area contributed by atoms with Gasteiger partial charge in [-0.15, -0.1) is 15.3 Å². The Morgan fingerprint density at radius 3 is 1.98 bits per heavy atom. The van der Waals surface area contributed by atoms with E-state index in [4.69, 9.17) is 16.3 Å². The zero-order chi connectivity index (χ0) is 62.4. The fourth-order valence-electron chi connectivity index (χ4n) is 7.70. The van der Waals surface area contributed by atoms with E-state index < -0.39 is 104 Å². The third-order valence-corrected chi connectivity index (χ3v) is 17.4. The first-order valence-electron chi connectivity index (χ1n) is 23.4. The summed E-state index contributed by atoms with van der Waals surface area (Å²) in [4.78, 5) is -4.59. The van der Waals surface area contributed by atoms with E-state index in [1.165, 1.54) is 44.4 Å². The SMILES string of the molecule is C=C(/C=C\C(=C/C)NC1NC(Nc2ccc(S(=O)(=O)O)cc2)=C(C#N)C(C)C1N=Nc1sc(N=Nc2cc(C)c(N=N/C(C)=C/c3c(C(=C)S(=O)(=O)O)cc(S(=O)(=O)O)cc3S(=O)(=O)O)cc2OC)c(-c2ccc(Cl)cc2)c1C#N)S(=O)(=O)O. The van der Waals surface area contributed by atoms with Crippen LogP contribution in [-0.4, -0.2) is 84.2 Å². The number of azo groups is 3. The van der Waals surface area contributed by atoms with Crippen LogP contribution in [0.15, 0.2) is 177 Å². The molecule has 1 aromatic heterocycles. The molecule has 34 heteroatoms. The van der Waals surface area contributed by atoms with Gasteiger partial charge in [0.05, 0.1) is 49.7 Å². The molecule has 8 N–H and O–H groups in total. The highest BCUT2D eigenvalue weighted by atomic mass is 35.5. The van der Waals surface area contributed by atoms with Crippen LogP contribution in [0.5, 0.6) is 5.75 Å². The smallest absolute Gasteiger partial charge is 0.295 e. The Morgan fingerprint density at radius 1 is 0.786 bits per heavy atom. The summed E-state index contributed by atoms with van der Waals surface area (Å²) in [5.41, 5.74) is 0.245. The monoisotopic (exact) mass is 1280 g/mol. The summed E-state index contributed by atoms with van der Waals surface area (Å²) in [7, 11) is -23.7. The van der Waals surface area contributed by atoms with Crippen molar-refractivity contribution >= 4 is 112 Å². The lowest BCUT2D eigenvalue weighted by atomic mass is 9.88. The first kappa shape index (κ1) is 65.0. The predicted molar refractivity (Wildman–Crippen MR) is 310 cm³/mol. The molecule has 5 aromatic rings. The number of allylic oxidation sites excluding steroid dienone is 4. The average Bonchev–Trinajstić information content (AvgIpc) is 2.92. The number of halogens is 1. The second-order valence-corrected chi connectivity index (χ2v) is 26.2. The van der Waals surface area contributed by atoms with Crippen molar-refractivity contribution in [2.75, 3.05) is 12.4 Å². The van der Waals surface area contributed by atoms with Gasteiger partial charge < -0.3 is 20.7 Å². The number of anilines is 1. The van der Waals surface area contributed by atoms with E-state index in [1.54, 1.807) is 51.1 Å². The molecule has 3 atom stereocenters. The largest absolute Gasteiger partial charge is 0.494 e. The minimum absolute atomic E-state index is 0.0108. The van der Waals surface area contributed by atoms with Crippen molar-refractivity contribution in [3.8, 4) is 29.0 Å². The van der Waals surface area contributed by atoms with E-state index in [1.807, 2.05) is 0 Å². The second kappa shape index (κ2) is 25.8. The third kappa shape index (κ3) is 15.7. The number of ether oxygens (including phenoxy) is 1. The summed E-state index contributed by atoms with van der Waals surface area (Å²) in [5.74, 6) is -0.609. The number of hydrogen-bond acceptors (Lipinski definition) is 23. The van der Waals surface area contributed by atoms with Gasteiger partial charge in [0.15, 0.2) is 5.00 Å². The van der Waals surface area contributed by atoms with Gasteiger partial charge in [-0.05, 0) is 105 Å². The number of thiophene rings is 1. The van der Waals surface area contributed by atoms with Crippen LogP contribution < -0.4 is 20.7 Å². The van der Waals surface area contributed by atoms with Crippen LogP contribution in [0, 0.1) is 35.5 Å². The van der Waals surface area contributed by atoms with E-state index in [-0.39, 0.29) is 61.0 Å². The standard InChI is InChI=1S/C50H46ClN11O16S6/c1-8-33(14-9-28(4)80(63,64)65)54-48-46(29(5)39(24-52)47(56-48)55-34-15-17-35(18-16-34)82(69,70)71)60-61-49-40(25-53)45(31-10-12-32(51)13-11-31)50(79-49)62-59-42-19-26(2)41(23-43(42)78-7)58-57-27(3)20-38-37(30(6)81(66,67)68)21-36(83(72,73)74)22-44(38)84(75,76)77/h8-23,29,46,48,54-56H,4,6H2,1-3,5,7H3,(H,63,64,65)(H,66,67,68)(H,69,70,71)(H,72,73,74)(H,75,76,77)/b14-9-,27-20+,33-8+,58-57?,61-60?,62-59?. The first-order valence-corrected chi connectivity index (χ1v) is 31.8. The van der Waals surface area contributed by atoms with Gasteiger partial charge in [0.1, 0.15) is 51.0 Å². The third-order valence-electron chi connectivity index (χ3n) is 11.9. The summed E-state index contributed by atoms with van der Waals surface area (Å²) in [5, 5.41) is 57.6. The number of rotatable bonds is 21. The Kier molecular flexibility index (Phi) is 19.9. The molecule has 0 saturated heterocycles. The molecule has 0 amide bonds. The van der Waals surface area contributed by atoms with Gasteiger partial charge in [-0.2, -0.15) is 68.0 Å². The van der Waals surface area contributed by atoms with Gasteiger partial charge in [0.2, 0.25) is 0 Å². The van der Waals surface area contributed by atoms with Gasteiger partial charge >= 0.3 is 0 Å². The molecule has 1 aliphatic heterocycles. The lowest BCUT2D eigenvalue weighted by Crippen LogP contribution is -2.55. The maximum absolute atomic E-state index is 12.5. The Balaban J connectivity index is 1.42. The number of methoxy groups -OCH3 is 1. The lowest BCUT2D eigenvalue weighted by molar-refractivity contribution is 0.329. The highest BCUT2D eigenvalue weighted by molar-refractivity contribution is 7.95. The van der Waals surface area contributed by atoms with Crippen LogP contribution in [0.25, 0.3) is 22.1 Å². The minimum Gasteiger partial charge on any atom is -0.494 e. The number of nitriles is 2. The molecule has 0 aliphatic carbocycles.